The minimum absolute atomic E-state index is 0.156. The molecule has 196 valence electrons. The van der Waals surface area contributed by atoms with Gasteiger partial charge in [-0.2, -0.15) is 4.99 Å². The van der Waals surface area contributed by atoms with Gasteiger partial charge in [0.25, 0.3) is 0 Å². The summed E-state index contributed by atoms with van der Waals surface area (Å²) < 4.78 is 10.2. The first kappa shape index (κ1) is 30.5. The summed E-state index contributed by atoms with van der Waals surface area (Å²) in [6.07, 6.45) is 5.51. The zero-order chi connectivity index (χ0) is 27.1. The van der Waals surface area contributed by atoms with Crippen molar-refractivity contribution in [1.82, 2.24) is 10.6 Å². The number of ether oxygens (including phenoxy) is 2. The van der Waals surface area contributed by atoms with Crippen LogP contribution in [-0.4, -0.2) is 61.2 Å². The molecule has 0 fully saturated rings. The molecule has 0 atom stereocenters. The van der Waals surface area contributed by atoms with Gasteiger partial charge in [0.2, 0.25) is 0 Å². The van der Waals surface area contributed by atoms with Crippen molar-refractivity contribution in [2.75, 3.05) is 37.8 Å². The van der Waals surface area contributed by atoms with E-state index < -0.39 is 23.6 Å². The molecular formula is C23H32N6O5S2. The Kier molecular flexibility index (Phi) is 13.1. The molecule has 0 aromatic carbocycles. The molecule has 1 rings (SSSR count). The van der Waals surface area contributed by atoms with Crippen molar-refractivity contribution >= 4 is 63.1 Å². The average molecular weight is 537 g/mol. The van der Waals surface area contributed by atoms with Crippen LogP contribution in [0.5, 0.6) is 0 Å². The van der Waals surface area contributed by atoms with Gasteiger partial charge in [-0.15, -0.1) is 11.3 Å². The summed E-state index contributed by atoms with van der Waals surface area (Å²) in [5.41, 5.74) is 5.95. The molecule has 13 heteroatoms. The number of anilines is 2. The molecule has 36 heavy (non-hydrogen) atoms. The fourth-order valence-corrected chi connectivity index (χ4v) is 3.77. The number of allylic oxidation sites excluding steroid dienone is 1. The summed E-state index contributed by atoms with van der Waals surface area (Å²) in [6, 6.07) is 1.56. The molecule has 0 saturated heterocycles. The number of nitrogens with one attached hydrogen (secondary N) is 4. The van der Waals surface area contributed by atoms with Gasteiger partial charge in [-0.25, -0.2) is 9.59 Å². The number of esters is 1. The van der Waals surface area contributed by atoms with Gasteiger partial charge in [-0.05, 0) is 58.0 Å². The topological polar surface area (TPSA) is 168 Å². The normalized spacial score (nSPS) is 11.4. The number of hydrogen-bond donors (Lipinski definition) is 5. The van der Waals surface area contributed by atoms with E-state index >= 15 is 0 Å². The summed E-state index contributed by atoms with van der Waals surface area (Å²) >= 11 is 5.65. The number of alkyl carbamates (subject to hydrolysis) is 1. The first-order valence-electron chi connectivity index (χ1n) is 10.9. The van der Waals surface area contributed by atoms with E-state index in [9.17, 15) is 14.4 Å². The molecule has 0 bridgehead atoms. The Bertz CT molecular complexity index is 1060. The summed E-state index contributed by atoms with van der Waals surface area (Å²) in [5.74, 6) is -1.04. The Morgan fingerprint density at radius 1 is 1.28 bits per heavy atom. The van der Waals surface area contributed by atoms with E-state index in [1.165, 1.54) is 24.5 Å². The lowest BCUT2D eigenvalue weighted by atomic mass is 10.0. The Hall–Kier alpha value is -3.54. The Morgan fingerprint density at radius 2 is 1.97 bits per heavy atom. The molecular weight excluding hydrogens is 504 g/mol. The SMILES string of the molecule is COC(=O)c1cc(N)c(NC/C=C/CNC(=O)OC(C)(C)CCCN/C(=C\C(C)=N)C(=O)N=C=S)s1. The van der Waals surface area contributed by atoms with Crippen molar-refractivity contribution in [1.29, 1.82) is 5.41 Å². The standard InChI is InChI=1S/C23H32N6O5S2/c1-15(24)12-17(19(30)29-14-35)26-11-7-8-23(2,3)34-22(32)28-10-6-5-9-27-20-16(25)13-18(36-20)21(31)33-4/h5-6,12-13,24,26-27H,7-11,25H2,1-4H3,(H,28,32)/b6-5+,17-12-,24-15?. The van der Waals surface area contributed by atoms with Crippen molar-refractivity contribution in [3.63, 3.8) is 0 Å². The van der Waals surface area contributed by atoms with E-state index in [0.717, 1.165) is 0 Å². The third-order valence-corrected chi connectivity index (χ3v) is 5.62. The van der Waals surface area contributed by atoms with Gasteiger partial charge in [0.1, 0.15) is 21.2 Å². The number of hydrogen-bond acceptors (Lipinski definition) is 11. The second-order valence-electron chi connectivity index (χ2n) is 8.05. The smallest absolute Gasteiger partial charge is 0.407 e. The highest BCUT2D eigenvalue weighted by atomic mass is 32.1. The second kappa shape index (κ2) is 15.5. The highest BCUT2D eigenvalue weighted by Gasteiger charge is 2.22. The predicted molar refractivity (Wildman–Crippen MR) is 145 cm³/mol. The molecule has 1 aromatic heterocycles. The van der Waals surface area contributed by atoms with Crippen LogP contribution in [0.3, 0.4) is 0 Å². The van der Waals surface area contributed by atoms with Crippen LogP contribution < -0.4 is 21.7 Å². The maximum atomic E-state index is 12.1. The van der Waals surface area contributed by atoms with Crippen molar-refractivity contribution < 1.29 is 23.9 Å². The molecule has 0 aliphatic carbocycles. The predicted octanol–water partition coefficient (Wildman–Crippen LogP) is 3.51. The van der Waals surface area contributed by atoms with Crippen LogP contribution in [0, 0.1) is 5.41 Å². The van der Waals surface area contributed by atoms with E-state index in [4.69, 9.17) is 15.9 Å². The second-order valence-corrected chi connectivity index (χ2v) is 9.28. The van der Waals surface area contributed by atoms with Gasteiger partial charge in [0, 0.05) is 25.3 Å². The summed E-state index contributed by atoms with van der Waals surface area (Å²) in [4.78, 5) is 39.4. The number of rotatable bonds is 14. The highest BCUT2D eigenvalue weighted by Crippen LogP contribution is 2.30. The number of isothiocyanates is 1. The van der Waals surface area contributed by atoms with Gasteiger partial charge in [0.15, 0.2) is 0 Å². The van der Waals surface area contributed by atoms with E-state index in [1.807, 2.05) is 11.2 Å². The Morgan fingerprint density at radius 3 is 2.61 bits per heavy atom. The van der Waals surface area contributed by atoms with Gasteiger partial charge in [-0.1, -0.05) is 12.2 Å². The van der Waals surface area contributed by atoms with Crippen LogP contribution in [0.1, 0.15) is 43.3 Å². The summed E-state index contributed by atoms with van der Waals surface area (Å²) in [5, 5.41) is 18.9. The van der Waals surface area contributed by atoms with Crippen LogP contribution in [0.2, 0.25) is 0 Å². The molecule has 0 radical (unpaired) electrons. The van der Waals surface area contributed by atoms with E-state index in [0.29, 0.717) is 41.5 Å². The van der Waals surface area contributed by atoms with Crippen LogP contribution in [-0.2, 0) is 14.3 Å². The van der Waals surface area contributed by atoms with Crippen molar-refractivity contribution in [3.8, 4) is 0 Å². The number of carbonyl (C=O) groups excluding carboxylic acids is 3. The van der Waals surface area contributed by atoms with Gasteiger partial charge >= 0.3 is 18.0 Å². The van der Waals surface area contributed by atoms with Crippen LogP contribution >= 0.6 is 23.6 Å². The number of thiophene rings is 1. The van der Waals surface area contributed by atoms with Gasteiger partial charge < -0.3 is 36.6 Å². The average Bonchev–Trinajstić information content (AvgIpc) is 3.17. The molecule has 0 unspecified atom stereocenters. The number of nitrogens with zero attached hydrogens (tertiary/aromatic N) is 1. The first-order chi connectivity index (χ1) is 17.0. The summed E-state index contributed by atoms with van der Waals surface area (Å²) in [6.45, 7) is 6.26. The molecule has 2 amide bonds. The lowest BCUT2D eigenvalue weighted by Gasteiger charge is -2.25. The van der Waals surface area contributed by atoms with Crippen LogP contribution in [0.4, 0.5) is 15.5 Å². The van der Waals surface area contributed by atoms with Gasteiger partial charge in [0.05, 0.1) is 18.0 Å². The molecule has 11 nitrogen and oxygen atoms in total. The molecule has 0 aliphatic heterocycles. The number of nitrogens with two attached hydrogens (primary N) is 1. The van der Waals surface area contributed by atoms with Crippen LogP contribution in [0.25, 0.3) is 0 Å². The molecule has 0 spiro atoms. The molecule has 0 aliphatic rings. The fourth-order valence-electron chi connectivity index (χ4n) is 2.79. The Labute approximate surface area is 219 Å². The number of aliphatic imine (C=N–C) groups is 1. The fraction of sp³-hybridized carbons (Fsp3) is 0.435. The lowest BCUT2D eigenvalue weighted by Crippen LogP contribution is -2.35. The van der Waals surface area contributed by atoms with Crippen molar-refractivity contribution in [2.24, 2.45) is 4.99 Å². The number of nitrogen functional groups attached to an aromatic ring is 1. The number of thiocarbonyl (C=S) groups is 1. The van der Waals surface area contributed by atoms with E-state index in [2.05, 4.69) is 37.9 Å². The third-order valence-electron chi connectivity index (χ3n) is 4.44. The first-order valence-corrected chi connectivity index (χ1v) is 12.2. The molecule has 1 aromatic rings. The molecule has 0 saturated carbocycles. The number of methoxy groups -OCH3 is 1. The van der Waals surface area contributed by atoms with E-state index in [1.54, 1.807) is 32.9 Å². The quantitative estimate of drug-likeness (QED) is 0.0596. The maximum Gasteiger partial charge on any atom is 0.407 e. The molecule has 6 N–H and O–H groups in total. The van der Waals surface area contributed by atoms with Gasteiger partial charge in [-0.3, -0.25) is 4.79 Å². The Balaban J connectivity index is 2.36. The minimum atomic E-state index is -0.733. The van der Waals surface area contributed by atoms with Crippen LogP contribution in [0.15, 0.2) is 35.0 Å². The number of amides is 2. The highest BCUT2D eigenvalue weighted by molar-refractivity contribution is 7.78. The largest absolute Gasteiger partial charge is 0.465 e. The molecule has 1 heterocycles. The zero-order valence-corrected chi connectivity index (χ0v) is 22.4. The van der Waals surface area contributed by atoms with Crippen molar-refractivity contribution in [2.45, 2.75) is 39.2 Å². The third kappa shape index (κ3) is 11.7. The van der Waals surface area contributed by atoms with Crippen molar-refractivity contribution in [3.05, 3.63) is 34.9 Å². The number of carbonyl (C=O) groups is 3. The minimum Gasteiger partial charge on any atom is -0.465 e. The monoisotopic (exact) mass is 536 g/mol. The zero-order valence-electron chi connectivity index (χ0n) is 20.7. The maximum absolute atomic E-state index is 12.1. The summed E-state index contributed by atoms with van der Waals surface area (Å²) in [7, 11) is 1.31. The van der Waals surface area contributed by atoms with E-state index in [-0.39, 0.29) is 18.0 Å². The lowest BCUT2D eigenvalue weighted by molar-refractivity contribution is -0.114.